The van der Waals surface area contributed by atoms with Gasteiger partial charge in [-0.2, -0.15) is 13.2 Å². The van der Waals surface area contributed by atoms with Crippen molar-refractivity contribution in [1.82, 2.24) is 0 Å². The van der Waals surface area contributed by atoms with Crippen LogP contribution in [0.2, 0.25) is 0 Å². The van der Waals surface area contributed by atoms with Gasteiger partial charge in [-0.1, -0.05) is 34.3 Å². The molecular weight excluding hydrogens is 253 g/mol. The summed E-state index contributed by atoms with van der Waals surface area (Å²) in [5, 5.41) is 0. The van der Waals surface area contributed by atoms with Crippen LogP contribution in [0.5, 0.6) is 5.75 Å². The Bertz CT molecular complexity index is 374. The molecule has 19 heavy (non-hydrogen) atoms. The van der Waals surface area contributed by atoms with E-state index < -0.39 is 11.7 Å². The number of alkyl halides is 3. The predicted molar refractivity (Wildman–Crippen MR) is 72.3 cm³/mol. The van der Waals surface area contributed by atoms with Crippen LogP contribution < -0.4 is 4.74 Å². The molecule has 2 rings (SSSR count). The van der Waals surface area contributed by atoms with E-state index in [0.717, 1.165) is 25.0 Å². The molecule has 0 unspecified atom stereocenters. The van der Waals surface area contributed by atoms with Crippen LogP contribution in [0.25, 0.3) is 0 Å². The van der Waals surface area contributed by atoms with Crippen LogP contribution in [0.4, 0.5) is 13.2 Å². The first-order valence-corrected chi connectivity index (χ1v) is 6.31. The first-order valence-electron chi connectivity index (χ1n) is 6.31. The lowest BCUT2D eigenvalue weighted by atomic mass is 9.83. The van der Waals surface area contributed by atoms with Crippen LogP contribution in [-0.2, 0) is 6.18 Å². The molecular formula is C15H23F3O. The minimum absolute atomic E-state index is 0. The van der Waals surface area contributed by atoms with E-state index in [9.17, 15) is 13.2 Å². The minimum atomic E-state index is -4.30. The van der Waals surface area contributed by atoms with E-state index >= 15 is 0 Å². The number of ether oxygens (including phenoxy) is 1. The van der Waals surface area contributed by atoms with Gasteiger partial charge in [0.15, 0.2) is 0 Å². The lowest BCUT2D eigenvalue weighted by Gasteiger charge is -2.34. The molecule has 1 fully saturated rings. The van der Waals surface area contributed by atoms with Crippen molar-refractivity contribution in [2.45, 2.75) is 53.3 Å². The Kier molecular flexibility index (Phi) is 6.95. The number of rotatable bonds is 2. The standard InChI is InChI=1S/C12H13F3O.C2H6.CH4/c1-8-5-6-11(8)16-10-4-2-3-9(7-10)12(13,14)15;1-2;/h2-4,7-8,11H,5-6H2,1H3;1-2H3;1H4/t8-,11-;;/m1../s1. The fourth-order valence-corrected chi connectivity index (χ4v) is 1.73. The van der Waals surface area contributed by atoms with Gasteiger partial charge in [0.25, 0.3) is 0 Å². The van der Waals surface area contributed by atoms with Crippen LogP contribution >= 0.6 is 0 Å². The molecule has 2 atom stereocenters. The van der Waals surface area contributed by atoms with Crippen molar-refractivity contribution in [3.05, 3.63) is 29.8 Å². The van der Waals surface area contributed by atoms with E-state index in [0.29, 0.717) is 11.7 Å². The van der Waals surface area contributed by atoms with E-state index in [-0.39, 0.29) is 13.5 Å². The van der Waals surface area contributed by atoms with E-state index in [1.165, 1.54) is 6.07 Å². The molecule has 0 bridgehead atoms. The Morgan fingerprint density at radius 1 is 1.16 bits per heavy atom. The number of halogens is 3. The van der Waals surface area contributed by atoms with Crippen molar-refractivity contribution in [2.75, 3.05) is 0 Å². The Morgan fingerprint density at radius 2 is 1.79 bits per heavy atom. The molecule has 0 amide bonds. The molecule has 1 aliphatic rings. The fourth-order valence-electron chi connectivity index (χ4n) is 1.73. The first-order chi connectivity index (χ1) is 8.47. The van der Waals surface area contributed by atoms with Gasteiger partial charge < -0.3 is 4.74 Å². The molecule has 0 aliphatic heterocycles. The highest BCUT2D eigenvalue weighted by Gasteiger charge is 2.32. The highest BCUT2D eigenvalue weighted by Crippen LogP contribution is 2.34. The maximum absolute atomic E-state index is 12.4. The Hall–Kier alpha value is -1.19. The molecule has 0 radical (unpaired) electrons. The van der Waals surface area contributed by atoms with Gasteiger partial charge in [-0.15, -0.1) is 0 Å². The molecule has 0 spiro atoms. The van der Waals surface area contributed by atoms with E-state index in [4.69, 9.17) is 4.74 Å². The molecule has 0 aromatic heterocycles. The second-order valence-electron chi connectivity index (χ2n) is 4.24. The van der Waals surface area contributed by atoms with Crippen molar-refractivity contribution in [2.24, 2.45) is 5.92 Å². The molecule has 0 saturated heterocycles. The first kappa shape index (κ1) is 17.8. The zero-order valence-corrected chi connectivity index (χ0v) is 10.9. The Labute approximate surface area is 113 Å². The van der Waals surface area contributed by atoms with E-state index in [1.54, 1.807) is 6.07 Å². The van der Waals surface area contributed by atoms with Crippen LogP contribution in [0, 0.1) is 5.92 Å². The molecule has 1 aliphatic carbocycles. The predicted octanol–water partition coefficient (Wildman–Crippen LogP) is 5.55. The third-order valence-electron chi connectivity index (χ3n) is 2.99. The second kappa shape index (κ2) is 7.41. The van der Waals surface area contributed by atoms with Gasteiger partial charge in [0.05, 0.1) is 5.56 Å². The van der Waals surface area contributed by atoms with Crippen molar-refractivity contribution in [3.63, 3.8) is 0 Å². The maximum Gasteiger partial charge on any atom is 0.416 e. The summed E-state index contributed by atoms with van der Waals surface area (Å²) in [6.45, 7) is 6.04. The van der Waals surface area contributed by atoms with Crippen LogP contribution in [0.15, 0.2) is 24.3 Å². The second-order valence-corrected chi connectivity index (χ2v) is 4.24. The number of hydrogen-bond donors (Lipinski definition) is 0. The molecule has 1 saturated carbocycles. The maximum atomic E-state index is 12.4. The average molecular weight is 276 g/mol. The van der Waals surface area contributed by atoms with Crippen LogP contribution in [0.3, 0.4) is 0 Å². The van der Waals surface area contributed by atoms with Gasteiger partial charge >= 0.3 is 6.18 Å². The quantitative estimate of drug-likeness (QED) is 0.688. The van der Waals surface area contributed by atoms with Gasteiger partial charge in [-0.25, -0.2) is 0 Å². The summed E-state index contributed by atoms with van der Waals surface area (Å²) in [6.07, 6.45) is -2.21. The monoisotopic (exact) mass is 276 g/mol. The van der Waals surface area contributed by atoms with Crippen molar-refractivity contribution < 1.29 is 17.9 Å². The molecule has 110 valence electrons. The smallest absolute Gasteiger partial charge is 0.416 e. The van der Waals surface area contributed by atoms with Crippen molar-refractivity contribution in [1.29, 1.82) is 0 Å². The molecule has 4 heteroatoms. The third kappa shape index (κ3) is 4.77. The minimum Gasteiger partial charge on any atom is -0.490 e. The summed E-state index contributed by atoms with van der Waals surface area (Å²) in [7, 11) is 0. The summed E-state index contributed by atoms with van der Waals surface area (Å²) in [6, 6.07) is 5.06. The third-order valence-corrected chi connectivity index (χ3v) is 2.99. The SMILES string of the molecule is C.CC.C[C@@H]1CC[C@H]1Oc1cccc(C(F)(F)F)c1. The Balaban J connectivity index is 0.00000103. The topological polar surface area (TPSA) is 9.23 Å². The van der Waals surface area contributed by atoms with Gasteiger partial charge in [-0.05, 0) is 37.0 Å². The lowest BCUT2D eigenvalue weighted by Crippen LogP contribution is -2.34. The molecule has 1 aromatic carbocycles. The lowest BCUT2D eigenvalue weighted by molar-refractivity contribution is -0.137. The summed E-state index contributed by atoms with van der Waals surface area (Å²) in [5.41, 5.74) is -0.656. The van der Waals surface area contributed by atoms with Crippen LogP contribution in [0.1, 0.15) is 46.6 Å². The van der Waals surface area contributed by atoms with Crippen molar-refractivity contribution >= 4 is 0 Å². The Morgan fingerprint density at radius 3 is 2.21 bits per heavy atom. The zero-order valence-electron chi connectivity index (χ0n) is 10.9. The molecule has 1 aromatic rings. The van der Waals surface area contributed by atoms with E-state index in [2.05, 4.69) is 0 Å². The van der Waals surface area contributed by atoms with Gasteiger partial charge in [0, 0.05) is 0 Å². The zero-order chi connectivity index (χ0) is 13.8. The average Bonchev–Trinajstić information content (AvgIpc) is 2.36. The molecule has 0 N–H and O–H groups in total. The normalized spacial score (nSPS) is 21.4. The summed E-state index contributed by atoms with van der Waals surface area (Å²) >= 11 is 0. The van der Waals surface area contributed by atoms with Crippen LogP contribution in [-0.4, -0.2) is 6.10 Å². The summed E-state index contributed by atoms with van der Waals surface area (Å²) in [5.74, 6) is 0.751. The van der Waals surface area contributed by atoms with Gasteiger partial charge in [0.1, 0.15) is 11.9 Å². The van der Waals surface area contributed by atoms with Crippen molar-refractivity contribution in [3.8, 4) is 5.75 Å². The van der Waals surface area contributed by atoms with Gasteiger partial charge in [-0.3, -0.25) is 0 Å². The fraction of sp³-hybridized carbons (Fsp3) is 0.600. The highest BCUT2D eigenvalue weighted by molar-refractivity contribution is 5.30. The van der Waals surface area contributed by atoms with E-state index in [1.807, 2.05) is 20.8 Å². The van der Waals surface area contributed by atoms with Gasteiger partial charge in [0.2, 0.25) is 0 Å². The largest absolute Gasteiger partial charge is 0.490 e. The number of hydrogen-bond acceptors (Lipinski definition) is 1. The molecule has 1 nitrogen and oxygen atoms in total. The highest BCUT2D eigenvalue weighted by atomic mass is 19.4. The number of benzene rings is 1. The summed E-state index contributed by atoms with van der Waals surface area (Å²) in [4.78, 5) is 0. The molecule has 0 heterocycles. The summed E-state index contributed by atoms with van der Waals surface area (Å²) < 4.78 is 42.8.